The molecule has 8 heteroatoms. The number of carbonyl (C=O) groups excluding carboxylic acids is 2. The molecule has 0 amide bonds. The lowest BCUT2D eigenvalue weighted by molar-refractivity contribution is -0.118. The minimum atomic E-state index is -0.458. The Balaban J connectivity index is 0.000000213. The highest BCUT2D eigenvalue weighted by Gasteiger charge is 2.29. The summed E-state index contributed by atoms with van der Waals surface area (Å²) in [6.45, 7) is 8.64. The van der Waals surface area contributed by atoms with Gasteiger partial charge in [-0.15, -0.1) is 0 Å². The zero-order valence-electron chi connectivity index (χ0n) is 23.2. The number of carbonyl (C=O) groups is 2. The summed E-state index contributed by atoms with van der Waals surface area (Å²) in [5.41, 5.74) is 11.7. The maximum atomic E-state index is 10.5. The van der Waals surface area contributed by atoms with E-state index in [1.54, 1.807) is 6.20 Å². The van der Waals surface area contributed by atoms with E-state index in [0.717, 1.165) is 54.2 Å². The number of benzene rings is 1. The number of aliphatic hydroxyl groups is 1. The van der Waals surface area contributed by atoms with Crippen molar-refractivity contribution in [3.63, 3.8) is 0 Å². The van der Waals surface area contributed by atoms with Crippen LogP contribution in [0.4, 0.5) is 5.69 Å². The molecule has 1 aromatic carbocycles. The van der Waals surface area contributed by atoms with Gasteiger partial charge < -0.3 is 21.0 Å². The van der Waals surface area contributed by atoms with E-state index in [9.17, 15) is 9.59 Å². The van der Waals surface area contributed by atoms with Crippen LogP contribution in [-0.2, 0) is 9.59 Å². The molecular weight excluding hydrogens is 478 g/mol. The largest absolute Gasteiger partial charge is 0.404 e. The Labute approximate surface area is 226 Å². The molecule has 1 saturated carbocycles. The molecule has 0 spiro atoms. The molecule has 2 aromatic rings. The molecule has 0 atom stereocenters. The molecular formula is C30H41N5O3. The number of aromatic nitrogens is 1. The lowest BCUT2D eigenvalue weighted by Crippen LogP contribution is -2.24. The number of nitrogens with zero attached hydrogens (tertiary/aromatic N) is 3. The molecule has 1 aliphatic carbocycles. The van der Waals surface area contributed by atoms with Crippen LogP contribution in [0.1, 0.15) is 61.9 Å². The van der Waals surface area contributed by atoms with Crippen molar-refractivity contribution in [3.8, 4) is 0 Å². The second kappa shape index (κ2) is 14.9. The molecule has 2 aliphatic rings. The first kappa shape index (κ1) is 30.6. The fraction of sp³-hybridized carbons (Fsp3) is 0.433. The van der Waals surface area contributed by atoms with Crippen molar-refractivity contribution in [2.45, 2.75) is 53.4 Å². The number of allylic oxidation sites excluding steroid dienone is 1. The smallest absolute Gasteiger partial charge is 0.155 e. The van der Waals surface area contributed by atoms with E-state index in [1.165, 1.54) is 30.3 Å². The topological polar surface area (TPSA) is 130 Å². The molecule has 0 saturated heterocycles. The number of aliphatic imine (C=N–C) groups is 2. The SMILES string of the molecule is CCC(C=O)(CC)CO.CNc1cc(C2=NCC(C3CC3)=N2)ccc1C.Cc1ccnc(/C(C=O)=C\N)c1. The average molecular weight is 520 g/mol. The Hall–Kier alpha value is -3.65. The van der Waals surface area contributed by atoms with Gasteiger partial charge in [0.25, 0.3) is 0 Å². The van der Waals surface area contributed by atoms with Gasteiger partial charge in [-0.2, -0.15) is 0 Å². The molecule has 1 fully saturated rings. The third-order valence-corrected chi connectivity index (χ3v) is 6.94. The fourth-order valence-corrected chi connectivity index (χ4v) is 3.74. The van der Waals surface area contributed by atoms with E-state index in [0.29, 0.717) is 17.6 Å². The number of hydrogen-bond donors (Lipinski definition) is 3. The molecule has 4 rings (SSSR count). The summed E-state index contributed by atoms with van der Waals surface area (Å²) in [6.07, 6.45) is 8.52. The molecule has 38 heavy (non-hydrogen) atoms. The Morgan fingerprint density at radius 3 is 2.34 bits per heavy atom. The molecule has 8 nitrogen and oxygen atoms in total. The van der Waals surface area contributed by atoms with Gasteiger partial charge in [0.15, 0.2) is 12.1 Å². The third kappa shape index (κ3) is 8.45. The number of aryl methyl sites for hydroxylation is 2. The van der Waals surface area contributed by atoms with Crippen molar-refractivity contribution < 1.29 is 14.7 Å². The number of pyridine rings is 1. The third-order valence-electron chi connectivity index (χ3n) is 6.94. The van der Waals surface area contributed by atoms with Crippen LogP contribution in [0.5, 0.6) is 0 Å². The minimum Gasteiger partial charge on any atom is -0.404 e. The summed E-state index contributed by atoms with van der Waals surface area (Å²) < 4.78 is 0. The molecule has 1 aromatic heterocycles. The molecule has 0 radical (unpaired) electrons. The van der Waals surface area contributed by atoms with Crippen LogP contribution in [0.3, 0.4) is 0 Å². The van der Waals surface area contributed by atoms with Crippen LogP contribution >= 0.6 is 0 Å². The normalized spacial score (nSPS) is 14.7. The first-order chi connectivity index (χ1) is 18.3. The number of aldehydes is 2. The predicted octanol–water partition coefficient (Wildman–Crippen LogP) is 4.52. The van der Waals surface area contributed by atoms with E-state index in [2.05, 4.69) is 45.4 Å². The van der Waals surface area contributed by atoms with E-state index in [-0.39, 0.29) is 6.61 Å². The Bertz CT molecular complexity index is 1170. The molecule has 1 aliphatic heterocycles. The molecule has 2 heterocycles. The van der Waals surface area contributed by atoms with Crippen molar-refractivity contribution in [3.05, 3.63) is 65.1 Å². The minimum absolute atomic E-state index is 0.0243. The number of aliphatic hydroxyl groups excluding tert-OH is 1. The van der Waals surface area contributed by atoms with Crippen LogP contribution in [0.15, 0.2) is 52.7 Å². The number of nitrogens with two attached hydrogens (primary N) is 1. The van der Waals surface area contributed by atoms with Gasteiger partial charge in [-0.3, -0.25) is 14.8 Å². The number of nitrogens with one attached hydrogen (secondary N) is 1. The monoisotopic (exact) mass is 519 g/mol. The van der Waals surface area contributed by atoms with Gasteiger partial charge in [0, 0.05) is 41.8 Å². The number of hydrogen-bond acceptors (Lipinski definition) is 8. The molecule has 4 N–H and O–H groups in total. The summed E-state index contributed by atoms with van der Waals surface area (Å²) in [4.78, 5) is 34.0. The van der Waals surface area contributed by atoms with E-state index < -0.39 is 5.41 Å². The highest BCUT2D eigenvalue weighted by molar-refractivity contribution is 6.13. The van der Waals surface area contributed by atoms with Crippen LogP contribution in [0.25, 0.3) is 5.57 Å². The van der Waals surface area contributed by atoms with Crippen LogP contribution in [0.2, 0.25) is 0 Å². The Morgan fingerprint density at radius 2 is 1.87 bits per heavy atom. The van der Waals surface area contributed by atoms with Gasteiger partial charge in [0.1, 0.15) is 6.29 Å². The number of amidine groups is 1. The first-order valence-corrected chi connectivity index (χ1v) is 13.1. The van der Waals surface area contributed by atoms with E-state index in [4.69, 9.17) is 10.8 Å². The highest BCUT2D eigenvalue weighted by atomic mass is 16.3. The van der Waals surface area contributed by atoms with Crippen molar-refractivity contribution in [1.29, 1.82) is 0 Å². The van der Waals surface area contributed by atoms with Gasteiger partial charge in [0.2, 0.25) is 0 Å². The number of rotatable bonds is 9. The standard InChI is InChI=1S/C14H17N3.C9H10N2O.C7H14O2/c1-9-3-4-11(7-12(9)15-2)14-16-8-13(17-14)10-5-6-10;1-7-2-3-11-9(4-7)8(5-10)6-12;1-3-7(4-2,5-8)6-9/h3-4,7,10,15H,5-6,8H2,1-2H3;2-6H,10H2,1H3;5,9H,3-4,6H2,1-2H3/b;8-5-;. The maximum absolute atomic E-state index is 10.5. The second-order valence-electron chi connectivity index (χ2n) is 9.60. The van der Waals surface area contributed by atoms with Gasteiger partial charge in [-0.05, 0) is 74.8 Å². The maximum Gasteiger partial charge on any atom is 0.155 e. The first-order valence-electron chi connectivity index (χ1n) is 13.1. The second-order valence-corrected chi connectivity index (χ2v) is 9.60. The summed E-state index contributed by atoms with van der Waals surface area (Å²) in [5, 5.41) is 11.9. The Kier molecular flexibility index (Phi) is 12.0. The summed E-state index contributed by atoms with van der Waals surface area (Å²) >= 11 is 0. The zero-order chi connectivity index (χ0) is 28.1. The molecule has 204 valence electrons. The average Bonchev–Trinajstić information content (AvgIpc) is 3.68. The van der Waals surface area contributed by atoms with Gasteiger partial charge >= 0.3 is 0 Å². The lowest BCUT2D eigenvalue weighted by atomic mass is 9.85. The molecule has 0 bridgehead atoms. The molecule has 0 unspecified atom stereocenters. The van der Waals surface area contributed by atoms with Crippen molar-refractivity contribution in [2.24, 2.45) is 27.1 Å². The summed E-state index contributed by atoms with van der Waals surface area (Å²) in [5.74, 6) is 1.63. The number of anilines is 1. The van der Waals surface area contributed by atoms with Crippen LogP contribution in [-0.4, -0.2) is 54.4 Å². The summed E-state index contributed by atoms with van der Waals surface area (Å²) in [6, 6.07) is 10.0. The van der Waals surface area contributed by atoms with Crippen LogP contribution in [0, 0.1) is 25.2 Å². The quantitative estimate of drug-likeness (QED) is 0.330. The van der Waals surface area contributed by atoms with Crippen LogP contribution < -0.4 is 11.1 Å². The summed E-state index contributed by atoms with van der Waals surface area (Å²) in [7, 11) is 1.95. The fourth-order valence-electron chi connectivity index (χ4n) is 3.74. The zero-order valence-corrected chi connectivity index (χ0v) is 23.2. The van der Waals surface area contributed by atoms with Crippen molar-refractivity contribution in [2.75, 3.05) is 25.5 Å². The predicted molar refractivity (Wildman–Crippen MR) is 156 cm³/mol. The van der Waals surface area contributed by atoms with Crippen molar-refractivity contribution in [1.82, 2.24) is 4.98 Å². The van der Waals surface area contributed by atoms with Crippen molar-refractivity contribution >= 4 is 35.4 Å². The van der Waals surface area contributed by atoms with E-state index in [1.807, 2.05) is 40.0 Å². The van der Waals surface area contributed by atoms with Gasteiger partial charge in [0.05, 0.1) is 24.4 Å². The van der Waals surface area contributed by atoms with Gasteiger partial charge in [-0.25, -0.2) is 4.99 Å². The Morgan fingerprint density at radius 1 is 1.16 bits per heavy atom. The van der Waals surface area contributed by atoms with Gasteiger partial charge in [-0.1, -0.05) is 26.0 Å². The lowest BCUT2D eigenvalue weighted by Gasteiger charge is -2.20. The highest BCUT2D eigenvalue weighted by Crippen LogP contribution is 2.32. The van der Waals surface area contributed by atoms with E-state index >= 15 is 0 Å².